The van der Waals surface area contributed by atoms with E-state index in [0.29, 0.717) is 19.5 Å². The van der Waals surface area contributed by atoms with Gasteiger partial charge in [-0.2, -0.15) is 0 Å². The molecule has 0 saturated heterocycles. The Morgan fingerprint density at radius 3 is 2.57 bits per heavy atom. The van der Waals surface area contributed by atoms with Gasteiger partial charge >= 0.3 is 6.03 Å². The number of urea groups is 1. The van der Waals surface area contributed by atoms with E-state index in [1.165, 1.54) is 12.1 Å². The number of carbonyl (C=O) groups excluding carboxylic acids is 1. The highest BCUT2D eigenvalue weighted by Crippen LogP contribution is 2.12. The Labute approximate surface area is 134 Å². The van der Waals surface area contributed by atoms with Crippen LogP contribution >= 0.6 is 0 Å². The number of nitro benzene ring substituents is 1. The fourth-order valence-electron chi connectivity index (χ4n) is 2.21. The molecule has 1 aromatic heterocycles. The van der Waals surface area contributed by atoms with Gasteiger partial charge in [0.05, 0.1) is 11.5 Å². The first-order valence-corrected chi connectivity index (χ1v) is 7.30. The van der Waals surface area contributed by atoms with Crippen LogP contribution in [0.5, 0.6) is 0 Å². The van der Waals surface area contributed by atoms with Crippen LogP contribution in [-0.4, -0.2) is 34.0 Å². The van der Waals surface area contributed by atoms with Crippen LogP contribution < -0.4 is 5.32 Å². The number of hydrogen-bond acceptors (Lipinski definition) is 3. The number of nitrogens with one attached hydrogen (secondary N) is 1. The zero-order chi connectivity index (χ0) is 16.8. The molecule has 0 atom stereocenters. The molecule has 2 amide bonds. The minimum absolute atomic E-state index is 0.0695. The fourth-order valence-corrected chi connectivity index (χ4v) is 2.21. The first-order chi connectivity index (χ1) is 11.0. The number of nitrogens with zero attached hydrogens (tertiary/aromatic N) is 3. The Bertz CT molecular complexity index is 679. The van der Waals surface area contributed by atoms with Gasteiger partial charge in [0.1, 0.15) is 0 Å². The quantitative estimate of drug-likeness (QED) is 0.656. The van der Waals surface area contributed by atoms with E-state index in [1.54, 1.807) is 24.1 Å². The van der Waals surface area contributed by atoms with Crippen LogP contribution in [0.2, 0.25) is 0 Å². The Morgan fingerprint density at radius 1 is 1.30 bits per heavy atom. The first kappa shape index (κ1) is 16.5. The monoisotopic (exact) mass is 316 g/mol. The second-order valence-corrected chi connectivity index (χ2v) is 5.37. The van der Waals surface area contributed by atoms with Gasteiger partial charge in [0.15, 0.2) is 0 Å². The highest BCUT2D eigenvalue weighted by molar-refractivity contribution is 5.73. The lowest BCUT2D eigenvalue weighted by Crippen LogP contribution is -2.38. The van der Waals surface area contributed by atoms with Crippen molar-refractivity contribution in [3.05, 3.63) is 64.0 Å². The van der Waals surface area contributed by atoms with Gasteiger partial charge in [0.25, 0.3) is 5.69 Å². The third kappa shape index (κ3) is 4.57. The van der Waals surface area contributed by atoms with Crippen LogP contribution in [-0.2, 0) is 20.0 Å². The largest absolute Gasteiger partial charge is 0.353 e. The van der Waals surface area contributed by atoms with Crippen LogP contribution in [0.15, 0.2) is 42.6 Å². The number of carbonyl (C=O) groups is 1. The molecule has 0 unspecified atom stereocenters. The van der Waals surface area contributed by atoms with Crippen molar-refractivity contribution >= 4 is 11.7 Å². The van der Waals surface area contributed by atoms with Gasteiger partial charge in [0.2, 0.25) is 0 Å². The zero-order valence-corrected chi connectivity index (χ0v) is 13.2. The molecule has 0 radical (unpaired) electrons. The van der Waals surface area contributed by atoms with Gasteiger partial charge in [-0.25, -0.2) is 4.79 Å². The highest BCUT2D eigenvalue weighted by atomic mass is 16.6. The number of nitro groups is 1. The predicted molar refractivity (Wildman–Crippen MR) is 87.1 cm³/mol. The van der Waals surface area contributed by atoms with E-state index in [1.807, 2.05) is 29.9 Å². The summed E-state index contributed by atoms with van der Waals surface area (Å²) in [5.74, 6) is 0. The average Bonchev–Trinajstić information content (AvgIpc) is 2.92. The van der Waals surface area contributed by atoms with Crippen LogP contribution in [0.25, 0.3) is 0 Å². The second-order valence-electron chi connectivity index (χ2n) is 5.37. The van der Waals surface area contributed by atoms with Gasteiger partial charge in [-0.15, -0.1) is 0 Å². The number of non-ortho nitro benzene ring substituents is 1. The summed E-state index contributed by atoms with van der Waals surface area (Å²) in [6.45, 7) is 1.01. The molecule has 1 N–H and O–H groups in total. The molecule has 7 nitrogen and oxygen atoms in total. The summed E-state index contributed by atoms with van der Waals surface area (Å²) in [6, 6.07) is 10.1. The molecule has 7 heteroatoms. The molecule has 2 aromatic rings. The van der Waals surface area contributed by atoms with E-state index >= 15 is 0 Å². The van der Waals surface area contributed by atoms with Crippen molar-refractivity contribution in [2.75, 3.05) is 13.6 Å². The maximum Gasteiger partial charge on any atom is 0.317 e. The maximum atomic E-state index is 12.0. The number of amides is 2. The standard InChI is InChI=1S/C16H20N4O3/c1-18-11-3-4-15(18)12-19(2)16(21)17-10-9-13-5-7-14(8-6-13)20(22)23/h3-8,11H,9-10,12H2,1-2H3,(H,17,21). The molecule has 122 valence electrons. The second kappa shape index (κ2) is 7.44. The number of benzene rings is 1. The highest BCUT2D eigenvalue weighted by Gasteiger charge is 2.10. The summed E-state index contributed by atoms with van der Waals surface area (Å²) in [6.07, 6.45) is 2.57. The van der Waals surface area contributed by atoms with Gasteiger partial charge in [-0.05, 0) is 24.1 Å². The van der Waals surface area contributed by atoms with Crippen LogP contribution in [0.1, 0.15) is 11.3 Å². The average molecular weight is 316 g/mol. The zero-order valence-electron chi connectivity index (χ0n) is 13.2. The predicted octanol–water partition coefficient (Wildman–Crippen LogP) is 2.32. The summed E-state index contributed by atoms with van der Waals surface area (Å²) in [5.41, 5.74) is 2.07. The molecular weight excluding hydrogens is 296 g/mol. The number of aryl methyl sites for hydroxylation is 1. The lowest BCUT2D eigenvalue weighted by molar-refractivity contribution is -0.384. The third-order valence-electron chi connectivity index (χ3n) is 3.63. The Kier molecular flexibility index (Phi) is 5.35. The molecule has 0 bridgehead atoms. The van der Waals surface area contributed by atoms with Crippen molar-refractivity contribution in [3.8, 4) is 0 Å². The summed E-state index contributed by atoms with van der Waals surface area (Å²) >= 11 is 0. The van der Waals surface area contributed by atoms with Gasteiger partial charge in [-0.1, -0.05) is 12.1 Å². The minimum atomic E-state index is -0.426. The molecule has 1 heterocycles. The molecular formula is C16H20N4O3. The number of hydrogen-bond donors (Lipinski definition) is 1. The van der Waals surface area contributed by atoms with Crippen molar-refractivity contribution in [3.63, 3.8) is 0 Å². The SMILES string of the molecule is CN(Cc1cccn1C)C(=O)NCCc1ccc([N+](=O)[O-])cc1. The first-order valence-electron chi connectivity index (χ1n) is 7.30. The fraction of sp³-hybridized carbons (Fsp3) is 0.312. The van der Waals surface area contributed by atoms with E-state index in [-0.39, 0.29) is 11.7 Å². The Hall–Kier alpha value is -2.83. The van der Waals surface area contributed by atoms with Crippen molar-refractivity contribution in [1.82, 2.24) is 14.8 Å². The molecule has 0 aliphatic rings. The summed E-state index contributed by atoms with van der Waals surface area (Å²) in [7, 11) is 3.68. The van der Waals surface area contributed by atoms with E-state index < -0.39 is 4.92 Å². The van der Waals surface area contributed by atoms with E-state index in [4.69, 9.17) is 0 Å². The van der Waals surface area contributed by atoms with Gasteiger partial charge in [0, 0.05) is 44.7 Å². The number of aromatic nitrogens is 1. The van der Waals surface area contributed by atoms with Crippen LogP contribution in [0.3, 0.4) is 0 Å². The van der Waals surface area contributed by atoms with E-state index in [9.17, 15) is 14.9 Å². The molecule has 0 spiro atoms. The molecule has 1 aromatic carbocycles. The molecule has 23 heavy (non-hydrogen) atoms. The normalized spacial score (nSPS) is 10.3. The summed E-state index contributed by atoms with van der Waals surface area (Å²) < 4.78 is 1.97. The van der Waals surface area contributed by atoms with Crippen molar-refractivity contribution in [1.29, 1.82) is 0 Å². The lowest BCUT2D eigenvalue weighted by atomic mass is 10.1. The topological polar surface area (TPSA) is 80.4 Å². The molecule has 2 rings (SSSR count). The minimum Gasteiger partial charge on any atom is -0.353 e. The van der Waals surface area contributed by atoms with Crippen molar-refractivity contribution in [2.24, 2.45) is 7.05 Å². The Morgan fingerprint density at radius 2 is 2.00 bits per heavy atom. The van der Waals surface area contributed by atoms with Crippen molar-refractivity contribution in [2.45, 2.75) is 13.0 Å². The lowest BCUT2D eigenvalue weighted by Gasteiger charge is -2.18. The smallest absolute Gasteiger partial charge is 0.317 e. The Balaban J connectivity index is 1.77. The van der Waals surface area contributed by atoms with E-state index in [0.717, 1.165) is 11.3 Å². The third-order valence-corrected chi connectivity index (χ3v) is 3.63. The van der Waals surface area contributed by atoms with Crippen LogP contribution in [0.4, 0.5) is 10.5 Å². The molecule has 0 saturated carbocycles. The van der Waals surface area contributed by atoms with Gasteiger partial charge < -0.3 is 14.8 Å². The van der Waals surface area contributed by atoms with Crippen LogP contribution in [0, 0.1) is 10.1 Å². The summed E-state index contributed by atoms with van der Waals surface area (Å²) in [4.78, 5) is 23.8. The number of rotatable bonds is 6. The van der Waals surface area contributed by atoms with Gasteiger partial charge in [-0.3, -0.25) is 10.1 Å². The molecule has 0 fully saturated rings. The maximum absolute atomic E-state index is 12.0. The molecule has 0 aliphatic heterocycles. The van der Waals surface area contributed by atoms with Crippen molar-refractivity contribution < 1.29 is 9.72 Å². The molecule has 0 aliphatic carbocycles. The summed E-state index contributed by atoms with van der Waals surface area (Å²) in [5, 5.41) is 13.4. The van der Waals surface area contributed by atoms with E-state index in [2.05, 4.69) is 5.32 Å².